The number of carbonyl (C=O) groups excluding carboxylic acids is 2. The van der Waals surface area contributed by atoms with E-state index < -0.39 is 18.0 Å². The molecule has 1 aromatic carbocycles. The Morgan fingerprint density at radius 3 is 2.32 bits per heavy atom. The Labute approximate surface area is 167 Å². The van der Waals surface area contributed by atoms with Gasteiger partial charge >= 0.3 is 6.09 Å². The normalized spacial score (nSPS) is 17.2. The minimum Gasteiger partial charge on any atom is -0.444 e. The van der Waals surface area contributed by atoms with E-state index in [1.54, 1.807) is 25.7 Å². The summed E-state index contributed by atoms with van der Waals surface area (Å²) in [5.41, 5.74) is 0.217. The molecule has 2 rings (SSSR count). The summed E-state index contributed by atoms with van der Waals surface area (Å²) in [6.45, 7) is 8.18. The highest BCUT2D eigenvalue weighted by molar-refractivity contribution is 5.84. The molecule has 1 fully saturated rings. The monoisotopic (exact) mass is 393 g/mol. The highest BCUT2D eigenvalue weighted by Gasteiger charge is 2.28. The van der Waals surface area contributed by atoms with Crippen molar-refractivity contribution in [1.29, 1.82) is 0 Å². The summed E-state index contributed by atoms with van der Waals surface area (Å²) in [4.78, 5) is 30.2. The van der Waals surface area contributed by atoms with Crippen LogP contribution in [0.15, 0.2) is 30.3 Å². The fourth-order valence-corrected chi connectivity index (χ4v) is 3.01. The molecule has 1 aromatic rings. The van der Waals surface area contributed by atoms with E-state index in [9.17, 15) is 14.0 Å². The molecule has 0 saturated carbocycles. The topological polar surface area (TPSA) is 53.1 Å². The Morgan fingerprint density at radius 1 is 1.14 bits per heavy atom. The first-order valence-electron chi connectivity index (χ1n) is 9.74. The SMILES string of the molecule is CN1CCN(C(F)CC(=O)CN(Cc2ccccc2)C(=O)OC(C)(C)C)CC1. The van der Waals surface area contributed by atoms with Crippen LogP contribution in [0.4, 0.5) is 9.18 Å². The highest BCUT2D eigenvalue weighted by Crippen LogP contribution is 2.15. The van der Waals surface area contributed by atoms with E-state index in [1.165, 1.54) is 4.90 Å². The van der Waals surface area contributed by atoms with E-state index in [4.69, 9.17) is 4.74 Å². The molecule has 28 heavy (non-hydrogen) atoms. The van der Waals surface area contributed by atoms with Gasteiger partial charge in [-0.3, -0.25) is 14.6 Å². The summed E-state index contributed by atoms with van der Waals surface area (Å²) in [6, 6.07) is 9.38. The lowest BCUT2D eigenvalue weighted by atomic mass is 10.1. The van der Waals surface area contributed by atoms with Gasteiger partial charge in [0.1, 0.15) is 5.60 Å². The Morgan fingerprint density at radius 2 is 1.75 bits per heavy atom. The largest absolute Gasteiger partial charge is 0.444 e. The number of amides is 1. The molecule has 1 unspecified atom stereocenters. The Kier molecular flexibility index (Phi) is 7.95. The van der Waals surface area contributed by atoms with Gasteiger partial charge in [0.25, 0.3) is 0 Å². The third-order valence-electron chi connectivity index (χ3n) is 4.57. The van der Waals surface area contributed by atoms with Crippen molar-refractivity contribution in [1.82, 2.24) is 14.7 Å². The molecule has 0 N–H and O–H groups in total. The van der Waals surface area contributed by atoms with Gasteiger partial charge in [0.2, 0.25) is 0 Å². The smallest absolute Gasteiger partial charge is 0.410 e. The van der Waals surface area contributed by atoms with Crippen LogP contribution < -0.4 is 0 Å². The van der Waals surface area contributed by atoms with Gasteiger partial charge in [-0.2, -0.15) is 0 Å². The number of hydrogen-bond donors (Lipinski definition) is 0. The van der Waals surface area contributed by atoms with E-state index >= 15 is 0 Å². The average Bonchev–Trinajstić information content (AvgIpc) is 2.61. The van der Waals surface area contributed by atoms with Gasteiger partial charge in [-0.25, -0.2) is 9.18 Å². The number of rotatable bonds is 7. The molecule has 0 bridgehead atoms. The first kappa shape index (κ1) is 22.3. The van der Waals surface area contributed by atoms with E-state index in [2.05, 4.69) is 4.90 Å². The van der Waals surface area contributed by atoms with E-state index in [1.807, 2.05) is 37.4 Å². The molecule has 1 amide bonds. The maximum Gasteiger partial charge on any atom is 0.410 e. The lowest BCUT2D eigenvalue weighted by molar-refractivity contribution is -0.123. The lowest BCUT2D eigenvalue weighted by Gasteiger charge is -2.34. The number of piperazine rings is 1. The molecule has 0 aliphatic carbocycles. The van der Waals surface area contributed by atoms with Gasteiger partial charge in [-0.05, 0) is 33.4 Å². The van der Waals surface area contributed by atoms with Gasteiger partial charge in [0.05, 0.1) is 13.0 Å². The number of alkyl halides is 1. The molecule has 1 aliphatic heterocycles. The molecule has 1 aliphatic rings. The van der Waals surface area contributed by atoms with Crippen LogP contribution in [-0.4, -0.2) is 78.2 Å². The maximum atomic E-state index is 14.6. The molecular weight excluding hydrogens is 361 g/mol. The fourth-order valence-electron chi connectivity index (χ4n) is 3.01. The summed E-state index contributed by atoms with van der Waals surface area (Å²) >= 11 is 0. The second-order valence-corrected chi connectivity index (χ2v) is 8.34. The van der Waals surface area contributed by atoms with Crippen LogP contribution in [-0.2, 0) is 16.1 Å². The standard InChI is InChI=1S/C21H32FN3O3/c1-21(2,3)28-20(27)25(15-17-8-6-5-7-9-17)16-18(26)14-19(22)24-12-10-23(4)11-13-24/h5-9,19H,10-16H2,1-4H3. The number of nitrogens with zero attached hydrogens (tertiary/aromatic N) is 3. The predicted octanol–water partition coefficient (Wildman–Crippen LogP) is 2.93. The molecule has 0 aromatic heterocycles. The average molecular weight is 394 g/mol. The van der Waals surface area contributed by atoms with Crippen LogP contribution in [0.3, 0.4) is 0 Å². The van der Waals surface area contributed by atoms with Gasteiger partial charge in [-0.15, -0.1) is 0 Å². The summed E-state index contributed by atoms with van der Waals surface area (Å²) in [7, 11) is 2.00. The Balaban J connectivity index is 1.97. The third kappa shape index (κ3) is 7.56. The van der Waals surface area contributed by atoms with E-state index in [0.717, 1.165) is 18.7 Å². The molecule has 0 radical (unpaired) electrons. The summed E-state index contributed by atoms with van der Waals surface area (Å²) in [5.74, 6) is -0.312. The van der Waals surface area contributed by atoms with Crippen LogP contribution in [0.1, 0.15) is 32.8 Å². The van der Waals surface area contributed by atoms with Crippen molar-refractivity contribution in [3.8, 4) is 0 Å². The number of carbonyl (C=O) groups is 2. The summed E-state index contributed by atoms with van der Waals surface area (Å²) < 4.78 is 20.0. The third-order valence-corrected chi connectivity index (χ3v) is 4.57. The van der Waals surface area contributed by atoms with Crippen LogP contribution in [0.2, 0.25) is 0 Å². The Bertz CT molecular complexity index is 640. The van der Waals surface area contributed by atoms with Crippen molar-refractivity contribution in [3.63, 3.8) is 0 Å². The maximum absolute atomic E-state index is 14.6. The molecule has 156 valence electrons. The first-order valence-corrected chi connectivity index (χ1v) is 9.74. The molecule has 0 spiro atoms. The first-order chi connectivity index (χ1) is 13.1. The highest BCUT2D eigenvalue weighted by atomic mass is 19.1. The van der Waals surface area contributed by atoms with Crippen LogP contribution in [0, 0.1) is 0 Å². The number of benzene rings is 1. The van der Waals surface area contributed by atoms with Crippen LogP contribution >= 0.6 is 0 Å². The van der Waals surface area contributed by atoms with Gasteiger partial charge in [-0.1, -0.05) is 30.3 Å². The molecule has 6 nitrogen and oxygen atoms in total. The zero-order chi connectivity index (χ0) is 20.7. The Hall–Kier alpha value is -1.99. The van der Waals surface area contributed by atoms with Crippen molar-refractivity contribution in [2.24, 2.45) is 0 Å². The van der Waals surface area contributed by atoms with Crippen molar-refractivity contribution >= 4 is 11.9 Å². The minimum atomic E-state index is -1.32. The molecule has 1 atom stereocenters. The van der Waals surface area contributed by atoms with Gasteiger partial charge in [0, 0.05) is 32.7 Å². The van der Waals surface area contributed by atoms with Crippen molar-refractivity contribution < 1.29 is 18.7 Å². The summed E-state index contributed by atoms with van der Waals surface area (Å²) in [6.07, 6.45) is -2.12. The van der Waals surface area contributed by atoms with Crippen molar-refractivity contribution in [2.75, 3.05) is 39.8 Å². The van der Waals surface area contributed by atoms with E-state index in [0.29, 0.717) is 13.1 Å². The molecular formula is C21H32FN3O3. The number of ketones is 1. The fraction of sp³-hybridized carbons (Fsp3) is 0.619. The number of Topliss-reactive ketones (excluding diaryl/α,β-unsaturated/α-hetero) is 1. The lowest BCUT2D eigenvalue weighted by Crippen LogP contribution is -2.48. The number of halogens is 1. The van der Waals surface area contributed by atoms with Crippen molar-refractivity contribution in [3.05, 3.63) is 35.9 Å². The van der Waals surface area contributed by atoms with Crippen molar-refractivity contribution in [2.45, 2.75) is 45.6 Å². The van der Waals surface area contributed by atoms with E-state index in [-0.39, 0.29) is 25.3 Å². The molecule has 7 heteroatoms. The molecule has 1 heterocycles. The van der Waals surface area contributed by atoms with Gasteiger partial charge in [0.15, 0.2) is 12.1 Å². The van der Waals surface area contributed by atoms with Crippen LogP contribution in [0.5, 0.6) is 0 Å². The number of ether oxygens (including phenoxy) is 1. The molecule has 1 saturated heterocycles. The quantitative estimate of drug-likeness (QED) is 0.667. The van der Waals surface area contributed by atoms with Crippen LogP contribution in [0.25, 0.3) is 0 Å². The minimum absolute atomic E-state index is 0.169. The number of hydrogen-bond acceptors (Lipinski definition) is 5. The zero-order valence-corrected chi connectivity index (χ0v) is 17.4. The van der Waals surface area contributed by atoms with Gasteiger partial charge < -0.3 is 9.64 Å². The summed E-state index contributed by atoms with van der Waals surface area (Å²) in [5, 5.41) is 0. The second-order valence-electron chi connectivity index (χ2n) is 8.34. The predicted molar refractivity (Wildman–Crippen MR) is 107 cm³/mol. The number of likely N-dealkylation sites (N-methyl/N-ethyl adjacent to an activating group) is 1. The zero-order valence-electron chi connectivity index (χ0n) is 17.4. The second kappa shape index (κ2) is 9.98.